The Labute approximate surface area is 144 Å². The lowest BCUT2D eigenvalue weighted by Crippen LogP contribution is -2.30. The van der Waals surface area contributed by atoms with Crippen LogP contribution in [0.25, 0.3) is 11.2 Å². The monoisotopic (exact) mass is 396 g/mol. The quantitative estimate of drug-likeness (QED) is 0.646. The number of hydrogen-bond donors (Lipinski definition) is 2. The summed E-state index contributed by atoms with van der Waals surface area (Å²) in [4.78, 5) is 25.0. The van der Waals surface area contributed by atoms with Gasteiger partial charge in [0.25, 0.3) is 0 Å². The van der Waals surface area contributed by atoms with Crippen molar-refractivity contribution in [2.75, 3.05) is 0 Å². The molecule has 114 valence electrons. The number of thioether (sulfide) groups is 1. The molecule has 22 heavy (non-hydrogen) atoms. The Morgan fingerprint density at radius 2 is 2.45 bits per heavy atom. The summed E-state index contributed by atoms with van der Waals surface area (Å²) in [5.74, 6) is -0.00649. The predicted octanol–water partition coefficient (Wildman–Crippen LogP) is 3.58. The molecule has 3 aromatic rings. The molecule has 3 rings (SSSR count). The van der Waals surface area contributed by atoms with E-state index in [-0.39, 0.29) is 11.2 Å². The minimum atomic E-state index is -0.232. The molecular formula is C14H13BrN4OS2. The molecule has 1 atom stereocenters. The van der Waals surface area contributed by atoms with E-state index in [0.717, 1.165) is 14.9 Å². The lowest BCUT2D eigenvalue weighted by molar-refractivity contribution is -0.120. The lowest BCUT2D eigenvalue weighted by Gasteiger charge is -2.09. The minimum Gasteiger partial charge on any atom is -0.350 e. The van der Waals surface area contributed by atoms with Crippen molar-refractivity contribution in [3.8, 4) is 0 Å². The van der Waals surface area contributed by atoms with Gasteiger partial charge in [0.05, 0.1) is 17.3 Å². The number of nitrogens with one attached hydrogen (secondary N) is 2. The van der Waals surface area contributed by atoms with Gasteiger partial charge in [0.15, 0.2) is 10.8 Å². The molecule has 0 spiro atoms. The SMILES string of the molecule is CC(Sc1nc2ncc(Br)cc2[nH]1)C(=O)NCc1cccs1. The van der Waals surface area contributed by atoms with Gasteiger partial charge in [-0.3, -0.25) is 4.79 Å². The highest BCUT2D eigenvalue weighted by Crippen LogP contribution is 2.24. The number of H-pyrrole nitrogens is 1. The molecule has 0 aliphatic heterocycles. The first-order valence-corrected chi connectivity index (χ1v) is 9.15. The lowest BCUT2D eigenvalue weighted by atomic mass is 10.4. The number of rotatable bonds is 5. The molecule has 0 bridgehead atoms. The fraction of sp³-hybridized carbons (Fsp3) is 0.214. The number of hydrogen-bond acceptors (Lipinski definition) is 5. The van der Waals surface area contributed by atoms with Crippen LogP contribution in [0.15, 0.2) is 39.4 Å². The van der Waals surface area contributed by atoms with Crippen molar-refractivity contribution >= 4 is 56.1 Å². The Balaban J connectivity index is 1.61. The zero-order valence-electron chi connectivity index (χ0n) is 11.7. The molecule has 3 heterocycles. The van der Waals surface area contributed by atoms with Crippen molar-refractivity contribution in [1.82, 2.24) is 20.3 Å². The van der Waals surface area contributed by atoms with E-state index in [1.165, 1.54) is 11.8 Å². The van der Waals surface area contributed by atoms with Crippen LogP contribution in [0, 0.1) is 0 Å². The maximum absolute atomic E-state index is 12.1. The summed E-state index contributed by atoms with van der Waals surface area (Å²) in [5.41, 5.74) is 1.50. The van der Waals surface area contributed by atoms with Crippen molar-refractivity contribution in [2.45, 2.75) is 23.9 Å². The number of fused-ring (bicyclic) bond motifs is 1. The van der Waals surface area contributed by atoms with Crippen LogP contribution in [0.4, 0.5) is 0 Å². The maximum Gasteiger partial charge on any atom is 0.233 e. The van der Waals surface area contributed by atoms with Crippen LogP contribution >= 0.6 is 39.0 Å². The third-order valence-corrected chi connectivity index (χ3v) is 5.25. The first-order chi connectivity index (χ1) is 10.6. The second-order valence-corrected chi connectivity index (χ2v) is 7.90. The smallest absolute Gasteiger partial charge is 0.233 e. The van der Waals surface area contributed by atoms with Gasteiger partial charge >= 0.3 is 0 Å². The zero-order chi connectivity index (χ0) is 15.5. The molecule has 0 aliphatic carbocycles. The van der Waals surface area contributed by atoms with Crippen molar-refractivity contribution in [2.24, 2.45) is 0 Å². The molecule has 1 amide bonds. The molecule has 0 fully saturated rings. The van der Waals surface area contributed by atoms with E-state index in [2.05, 4.69) is 36.2 Å². The standard InChI is InChI=1S/C14H13BrN4OS2/c1-8(13(20)17-7-10-3-2-4-21-10)22-14-18-11-5-9(15)6-16-12(11)19-14/h2-6,8H,7H2,1H3,(H,17,20)(H,16,18,19). The van der Waals surface area contributed by atoms with Crippen molar-refractivity contribution < 1.29 is 4.79 Å². The van der Waals surface area contributed by atoms with Gasteiger partial charge in [-0.25, -0.2) is 9.97 Å². The average Bonchev–Trinajstić information content (AvgIpc) is 3.12. The molecule has 3 aromatic heterocycles. The van der Waals surface area contributed by atoms with E-state index >= 15 is 0 Å². The number of aromatic amines is 1. The van der Waals surface area contributed by atoms with Crippen LogP contribution in [0.5, 0.6) is 0 Å². The van der Waals surface area contributed by atoms with Crippen molar-refractivity contribution in [1.29, 1.82) is 0 Å². The first kappa shape index (κ1) is 15.5. The Kier molecular flexibility index (Phi) is 4.80. The molecule has 0 radical (unpaired) electrons. The Morgan fingerprint density at radius 3 is 3.23 bits per heavy atom. The van der Waals surface area contributed by atoms with Crippen LogP contribution in [-0.2, 0) is 11.3 Å². The van der Waals surface area contributed by atoms with Crippen LogP contribution in [0.2, 0.25) is 0 Å². The average molecular weight is 397 g/mol. The molecule has 1 unspecified atom stereocenters. The van der Waals surface area contributed by atoms with Crippen LogP contribution in [0.3, 0.4) is 0 Å². The number of imidazole rings is 1. The second-order valence-electron chi connectivity index (χ2n) is 4.62. The maximum atomic E-state index is 12.1. The van der Waals surface area contributed by atoms with Gasteiger partial charge in [-0.1, -0.05) is 17.8 Å². The third-order valence-electron chi connectivity index (χ3n) is 2.96. The Morgan fingerprint density at radius 1 is 1.59 bits per heavy atom. The largest absolute Gasteiger partial charge is 0.350 e. The highest BCUT2D eigenvalue weighted by molar-refractivity contribution is 9.10. The molecule has 2 N–H and O–H groups in total. The van der Waals surface area contributed by atoms with E-state index in [1.807, 2.05) is 30.5 Å². The van der Waals surface area contributed by atoms with Gasteiger partial charge in [0, 0.05) is 15.5 Å². The highest BCUT2D eigenvalue weighted by Gasteiger charge is 2.16. The Hall–Kier alpha value is -1.38. The van der Waals surface area contributed by atoms with E-state index in [1.54, 1.807) is 17.5 Å². The Bertz CT molecular complexity index is 787. The van der Waals surface area contributed by atoms with Gasteiger partial charge in [-0.05, 0) is 40.4 Å². The van der Waals surface area contributed by atoms with E-state index in [4.69, 9.17) is 0 Å². The zero-order valence-corrected chi connectivity index (χ0v) is 14.9. The van der Waals surface area contributed by atoms with Crippen LogP contribution in [0.1, 0.15) is 11.8 Å². The third kappa shape index (κ3) is 3.68. The molecule has 0 saturated carbocycles. The summed E-state index contributed by atoms with van der Waals surface area (Å²) in [6, 6.07) is 5.90. The first-order valence-electron chi connectivity index (χ1n) is 6.60. The predicted molar refractivity (Wildman–Crippen MR) is 93.1 cm³/mol. The van der Waals surface area contributed by atoms with E-state index in [9.17, 15) is 4.79 Å². The number of aromatic nitrogens is 3. The number of carbonyl (C=O) groups is 1. The number of carbonyl (C=O) groups excluding carboxylic acids is 1. The molecule has 8 heteroatoms. The fourth-order valence-corrected chi connectivity index (χ4v) is 3.67. The summed E-state index contributed by atoms with van der Waals surface area (Å²) >= 11 is 6.40. The van der Waals surface area contributed by atoms with E-state index in [0.29, 0.717) is 17.3 Å². The van der Waals surface area contributed by atoms with Crippen LogP contribution in [-0.4, -0.2) is 26.1 Å². The highest BCUT2D eigenvalue weighted by atomic mass is 79.9. The van der Waals surface area contributed by atoms with Gasteiger partial charge in [-0.15, -0.1) is 11.3 Å². The molecule has 0 saturated heterocycles. The van der Waals surface area contributed by atoms with Crippen LogP contribution < -0.4 is 5.32 Å². The number of thiophene rings is 1. The minimum absolute atomic E-state index is 0.00649. The normalized spacial score (nSPS) is 12.5. The molecule has 0 aromatic carbocycles. The fourth-order valence-electron chi connectivity index (χ4n) is 1.86. The van der Waals surface area contributed by atoms with Crippen molar-refractivity contribution in [3.63, 3.8) is 0 Å². The topological polar surface area (TPSA) is 70.7 Å². The number of nitrogens with zero attached hydrogens (tertiary/aromatic N) is 2. The summed E-state index contributed by atoms with van der Waals surface area (Å²) in [5, 5.41) is 5.39. The summed E-state index contributed by atoms with van der Waals surface area (Å²) in [7, 11) is 0. The summed E-state index contributed by atoms with van der Waals surface area (Å²) in [6.45, 7) is 2.43. The molecule has 5 nitrogen and oxygen atoms in total. The summed E-state index contributed by atoms with van der Waals surface area (Å²) < 4.78 is 0.891. The van der Waals surface area contributed by atoms with E-state index < -0.39 is 0 Å². The van der Waals surface area contributed by atoms with Crippen molar-refractivity contribution in [3.05, 3.63) is 39.1 Å². The number of halogens is 1. The van der Waals surface area contributed by atoms with Gasteiger partial charge < -0.3 is 10.3 Å². The van der Waals surface area contributed by atoms with Gasteiger partial charge in [-0.2, -0.15) is 0 Å². The van der Waals surface area contributed by atoms with Gasteiger partial charge in [0.1, 0.15) is 0 Å². The number of amides is 1. The second kappa shape index (κ2) is 6.80. The number of pyridine rings is 1. The summed E-state index contributed by atoms with van der Waals surface area (Å²) in [6.07, 6.45) is 1.70. The molecule has 0 aliphatic rings. The molecular weight excluding hydrogens is 384 g/mol. The van der Waals surface area contributed by atoms with Gasteiger partial charge in [0.2, 0.25) is 5.91 Å².